The number of hydrogen-bond acceptors (Lipinski definition) is 4. The Kier molecular flexibility index (Phi) is 6.27. The quantitative estimate of drug-likeness (QED) is 0.852. The van der Waals surface area contributed by atoms with Crippen molar-refractivity contribution in [2.24, 2.45) is 5.41 Å². The van der Waals surface area contributed by atoms with Crippen molar-refractivity contribution < 1.29 is 14.3 Å². The zero-order valence-electron chi connectivity index (χ0n) is 15.6. The molecule has 1 aromatic rings. The van der Waals surface area contributed by atoms with Crippen LogP contribution in [0.3, 0.4) is 0 Å². The van der Waals surface area contributed by atoms with Crippen molar-refractivity contribution in [2.75, 3.05) is 44.2 Å². The van der Waals surface area contributed by atoms with Gasteiger partial charge in [0.05, 0.1) is 0 Å². The highest BCUT2D eigenvalue weighted by atomic mass is 35.5. The summed E-state index contributed by atoms with van der Waals surface area (Å²) in [4.78, 5) is 27.9. The van der Waals surface area contributed by atoms with Crippen LogP contribution in [0.1, 0.15) is 32.1 Å². The molecule has 4 rings (SSSR count). The average Bonchev–Trinajstić information content (AvgIpc) is 3.30. The molecule has 27 heavy (non-hydrogen) atoms. The number of nitrogens with one attached hydrogen (secondary N) is 1. The van der Waals surface area contributed by atoms with E-state index in [2.05, 4.69) is 5.32 Å². The van der Waals surface area contributed by atoms with Gasteiger partial charge in [-0.05, 0) is 61.9 Å². The Labute approximate surface area is 166 Å². The monoisotopic (exact) mass is 393 g/mol. The van der Waals surface area contributed by atoms with Crippen molar-refractivity contribution in [3.05, 3.63) is 24.3 Å². The molecule has 0 bridgehead atoms. The highest BCUT2D eigenvalue weighted by molar-refractivity contribution is 5.95. The van der Waals surface area contributed by atoms with E-state index in [1.54, 1.807) is 4.90 Å². The van der Waals surface area contributed by atoms with E-state index in [1.165, 1.54) is 6.42 Å². The van der Waals surface area contributed by atoms with Crippen LogP contribution in [0.5, 0.6) is 5.75 Å². The number of likely N-dealkylation sites (tertiary alicyclic amines) is 1. The second kappa shape index (κ2) is 8.48. The van der Waals surface area contributed by atoms with Crippen molar-refractivity contribution >= 4 is 29.9 Å². The second-order valence-electron chi connectivity index (χ2n) is 7.74. The van der Waals surface area contributed by atoms with Gasteiger partial charge in [-0.2, -0.15) is 0 Å². The van der Waals surface area contributed by atoms with E-state index in [4.69, 9.17) is 4.74 Å². The molecule has 6 nitrogen and oxygen atoms in total. The largest absolute Gasteiger partial charge is 0.484 e. The summed E-state index contributed by atoms with van der Waals surface area (Å²) in [5.41, 5.74) is 1.32. The molecule has 3 fully saturated rings. The van der Waals surface area contributed by atoms with E-state index in [0.29, 0.717) is 17.6 Å². The Morgan fingerprint density at radius 3 is 2.44 bits per heavy atom. The molecule has 3 heterocycles. The summed E-state index contributed by atoms with van der Waals surface area (Å²) >= 11 is 0. The van der Waals surface area contributed by atoms with E-state index < -0.39 is 0 Å². The minimum absolute atomic E-state index is 0. The predicted octanol–water partition coefficient (Wildman–Crippen LogP) is 2.22. The van der Waals surface area contributed by atoms with Crippen molar-refractivity contribution in [3.63, 3.8) is 0 Å². The number of ether oxygens (including phenoxy) is 1. The first-order valence-electron chi connectivity index (χ1n) is 9.67. The number of rotatable bonds is 4. The van der Waals surface area contributed by atoms with Crippen LogP contribution >= 0.6 is 12.4 Å². The lowest BCUT2D eigenvalue weighted by Gasteiger charge is -2.38. The van der Waals surface area contributed by atoms with Crippen LogP contribution in [-0.4, -0.2) is 56.0 Å². The molecule has 0 atom stereocenters. The van der Waals surface area contributed by atoms with Gasteiger partial charge in [0.15, 0.2) is 6.61 Å². The van der Waals surface area contributed by atoms with Crippen LogP contribution in [0.25, 0.3) is 0 Å². The molecule has 7 heteroatoms. The second-order valence-corrected chi connectivity index (χ2v) is 7.74. The predicted molar refractivity (Wildman–Crippen MR) is 107 cm³/mol. The molecular weight excluding hydrogens is 366 g/mol. The number of halogens is 1. The zero-order chi connectivity index (χ0) is 18.0. The Hall–Kier alpha value is -1.79. The van der Waals surface area contributed by atoms with Gasteiger partial charge in [-0.1, -0.05) is 0 Å². The number of benzene rings is 1. The number of carbonyl (C=O) groups is 2. The number of nitrogens with zero attached hydrogens (tertiary/aromatic N) is 2. The minimum atomic E-state index is 0. The number of piperidine rings is 1. The number of carbonyl (C=O) groups excluding carboxylic acids is 2. The standard InChI is InChI=1S/C20H27N3O3.ClH/c24-18-2-1-11-23(18)16-3-5-17(6-4-16)26-14-19(25)22-12-8-20(9-13-22)7-10-21-15-20;/h3-6,21H,1-2,7-15H2;1H. The molecule has 0 unspecified atom stereocenters. The van der Waals surface area contributed by atoms with Crippen LogP contribution in [-0.2, 0) is 9.59 Å². The summed E-state index contributed by atoms with van der Waals surface area (Å²) in [5, 5.41) is 3.45. The lowest BCUT2D eigenvalue weighted by Crippen LogP contribution is -2.45. The summed E-state index contributed by atoms with van der Waals surface area (Å²) in [6.45, 7) is 4.73. The molecule has 2 amide bonds. The van der Waals surface area contributed by atoms with Crippen LogP contribution < -0.4 is 15.0 Å². The molecular formula is C20H28ClN3O3. The van der Waals surface area contributed by atoms with Gasteiger partial charge in [-0.15, -0.1) is 12.4 Å². The molecule has 3 saturated heterocycles. The smallest absolute Gasteiger partial charge is 0.260 e. The molecule has 1 spiro atoms. The summed E-state index contributed by atoms with van der Waals surface area (Å²) in [5.74, 6) is 0.904. The van der Waals surface area contributed by atoms with E-state index in [-0.39, 0.29) is 30.8 Å². The molecule has 3 aliphatic heterocycles. The minimum Gasteiger partial charge on any atom is -0.484 e. The lowest BCUT2D eigenvalue weighted by atomic mass is 9.78. The van der Waals surface area contributed by atoms with Crippen molar-refractivity contribution in [1.29, 1.82) is 0 Å². The Morgan fingerprint density at radius 1 is 1.11 bits per heavy atom. The van der Waals surface area contributed by atoms with Gasteiger partial charge in [-0.3, -0.25) is 9.59 Å². The van der Waals surface area contributed by atoms with E-state index in [0.717, 1.165) is 57.7 Å². The maximum absolute atomic E-state index is 12.4. The summed E-state index contributed by atoms with van der Waals surface area (Å²) in [7, 11) is 0. The van der Waals surface area contributed by atoms with Crippen LogP contribution in [0.15, 0.2) is 24.3 Å². The van der Waals surface area contributed by atoms with Gasteiger partial charge >= 0.3 is 0 Å². The molecule has 3 aliphatic rings. The van der Waals surface area contributed by atoms with Crippen molar-refractivity contribution in [1.82, 2.24) is 10.2 Å². The summed E-state index contributed by atoms with van der Waals surface area (Å²) in [6, 6.07) is 7.45. The molecule has 0 radical (unpaired) electrons. The Bertz CT molecular complexity index is 664. The number of anilines is 1. The zero-order valence-corrected chi connectivity index (χ0v) is 16.4. The van der Waals surface area contributed by atoms with E-state index in [1.807, 2.05) is 29.2 Å². The molecule has 148 valence electrons. The maximum atomic E-state index is 12.4. The van der Waals surface area contributed by atoms with Gasteiger partial charge in [0.2, 0.25) is 5.91 Å². The van der Waals surface area contributed by atoms with Gasteiger partial charge in [0.25, 0.3) is 5.91 Å². The van der Waals surface area contributed by atoms with Crippen molar-refractivity contribution in [2.45, 2.75) is 32.1 Å². The van der Waals surface area contributed by atoms with Gasteiger partial charge in [0, 0.05) is 38.3 Å². The van der Waals surface area contributed by atoms with E-state index in [9.17, 15) is 9.59 Å². The third kappa shape index (κ3) is 4.38. The fourth-order valence-electron chi connectivity index (χ4n) is 4.33. The third-order valence-electron chi connectivity index (χ3n) is 6.09. The molecule has 1 aromatic carbocycles. The third-order valence-corrected chi connectivity index (χ3v) is 6.09. The fraction of sp³-hybridized carbons (Fsp3) is 0.600. The fourth-order valence-corrected chi connectivity index (χ4v) is 4.33. The first-order chi connectivity index (χ1) is 12.7. The first kappa shape index (κ1) is 20.0. The van der Waals surface area contributed by atoms with E-state index >= 15 is 0 Å². The SMILES string of the molecule is Cl.O=C(COc1ccc(N2CCCC2=O)cc1)N1CCC2(CCNC2)CC1. The molecule has 1 N–H and O–H groups in total. The summed E-state index contributed by atoms with van der Waals surface area (Å²) < 4.78 is 5.68. The first-order valence-corrected chi connectivity index (χ1v) is 9.67. The maximum Gasteiger partial charge on any atom is 0.260 e. The normalized spacial score (nSPS) is 21.4. The highest BCUT2D eigenvalue weighted by Gasteiger charge is 2.38. The van der Waals surface area contributed by atoms with Crippen LogP contribution in [0, 0.1) is 5.41 Å². The lowest BCUT2D eigenvalue weighted by molar-refractivity contribution is -0.135. The number of hydrogen-bond donors (Lipinski definition) is 1. The Morgan fingerprint density at radius 2 is 1.85 bits per heavy atom. The average molecular weight is 394 g/mol. The molecule has 0 aromatic heterocycles. The number of amides is 2. The topological polar surface area (TPSA) is 61.9 Å². The van der Waals surface area contributed by atoms with Gasteiger partial charge < -0.3 is 19.9 Å². The molecule has 0 aliphatic carbocycles. The Balaban J connectivity index is 0.00000210. The summed E-state index contributed by atoms with van der Waals surface area (Å²) in [6.07, 6.45) is 4.95. The van der Waals surface area contributed by atoms with Gasteiger partial charge in [0.1, 0.15) is 5.75 Å². The van der Waals surface area contributed by atoms with Crippen LogP contribution in [0.4, 0.5) is 5.69 Å². The van der Waals surface area contributed by atoms with Crippen LogP contribution in [0.2, 0.25) is 0 Å². The van der Waals surface area contributed by atoms with Crippen molar-refractivity contribution in [3.8, 4) is 5.75 Å². The molecule has 0 saturated carbocycles. The highest BCUT2D eigenvalue weighted by Crippen LogP contribution is 2.36. The van der Waals surface area contributed by atoms with Gasteiger partial charge in [-0.25, -0.2) is 0 Å².